The second-order valence-electron chi connectivity index (χ2n) is 11.7. The van der Waals surface area contributed by atoms with E-state index in [4.69, 9.17) is 0 Å². The zero-order valence-electron chi connectivity index (χ0n) is 19.2. The van der Waals surface area contributed by atoms with E-state index in [2.05, 4.69) is 26.8 Å². The summed E-state index contributed by atoms with van der Waals surface area (Å²) < 4.78 is 0. The molecule has 0 aromatic carbocycles. The van der Waals surface area contributed by atoms with E-state index < -0.39 is 11.7 Å². The van der Waals surface area contributed by atoms with Crippen molar-refractivity contribution in [1.82, 2.24) is 0 Å². The summed E-state index contributed by atoms with van der Waals surface area (Å²) >= 11 is 0. The number of rotatable bonds is 5. The average molecular weight is 405 g/mol. The Bertz CT molecular complexity index is 640. The molecule has 29 heavy (non-hydrogen) atoms. The molecule has 4 aliphatic rings. The highest BCUT2D eigenvalue weighted by Gasteiger charge is 2.62. The second-order valence-corrected chi connectivity index (χ2v) is 11.7. The van der Waals surface area contributed by atoms with Gasteiger partial charge in [0.1, 0.15) is 0 Å². The monoisotopic (exact) mass is 404 g/mol. The number of hydrogen-bond acceptors (Lipinski definition) is 3. The van der Waals surface area contributed by atoms with Gasteiger partial charge in [-0.25, -0.2) is 0 Å². The van der Waals surface area contributed by atoms with Gasteiger partial charge in [-0.3, -0.25) is 0 Å². The molecule has 0 spiro atoms. The number of unbranched alkanes of at least 4 members (excludes halogenated alkanes) is 1. The largest absolute Gasteiger partial charge is 0.393 e. The fourth-order valence-electron chi connectivity index (χ4n) is 8.52. The van der Waals surface area contributed by atoms with Crippen LogP contribution >= 0.6 is 0 Å². The summed E-state index contributed by atoms with van der Waals surface area (Å²) in [5.41, 5.74) is 0.941. The summed E-state index contributed by atoms with van der Waals surface area (Å²) in [5, 5.41) is 32.5. The summed E-state index contributed by atoms with van der Waals surface area (Å²) in [4.78, 5) is 0. The first-order chi connectivity index (χ1) is 13.6. The minimum atomic E-state index is -0.986. The molecule has 0 aliphatic heterocycles. The van der Waals surface area contributed by atoms with Crippen LogP contribution in [-0.2, 0) is 0 Å². The molecule has 3 fully saturated rings. The quantitative estimate of drug-likeness (QED) is 0.550. The Morgan fingerprint density at radius 3 is 2.62 bits per heavy atom. The molecule has 3 saturated carbocycles. The topological polar surface area (TPSA) is 60.7 Å². The maximum atomic E-state index is 11.5. The van der Waals surface area contributed by atoms with Crippen LogP contribution in [0.3, 0.4) is 0 Å². The van der Waals surface area contributed by atoms with E-state index in [1.165, 1.54) is 24.8 Å². The number of aliphatic hydroxyl groups excluding tert-OH is 2. The lowest BCUT2D eigenvalue weighted by molar-refractivity contribution is -0.151. The first kappa shape index (κ1) is 21.8. The Morgan fingerprint density at radius 1 is 1.14 bits per heavy atom. The van der Waals surface area contributed by atoms with Crippen molar-refractivity contribution in [3.63, 3.8) is 0 Å². The zero-order chi connectivity index (χ0) is 21.0. The molecule has 0 bridgehead atoms. The van der Waals surface area contributed by atoms with Gasteiger partial charge in [0.15, 0.2) is 0 Å². The third kappa shape index (κ3) is 3.34. The van der Waals surface area contributed by atoms with Crippen molar-refractivity contribution in [3.05, 3.63) is 11.6 Å². The molecule has 3 N–H and O–H groups in total. The maximum Gasteiger partial charge on any atom is 0.0910 e. The van der Waals surface area contributed by atoms with E-state index in [0.717, 1.165) is 50.9 Å². The minimum absolute atomic E-state index is 0.133. The van der Waals surface area contributed by atoms with Crippen molar-refractivity contribution in [1.29, 1.82) is 0 Å². The number of hydrogen-bond donors (Lipinski definition) is 3. The van der Waals surface area contributed by atoms with Gasteiger partial charge in [0, 0.05) is 0 Å². The van der Waals surface area contributed by atoms with Gasteiger partial charge in [0.25, 0.3) is 0 Å². The molecule has 9 atom stereocenters. The molecule has 0 aromatic rings. The molecular formula is C26H44O3. The van der Waals surface area contributed by atoms with E-state index in [0.29, 0.717) is 18.3 Å². The van der Waals surface area contributed by atoms with Crippen molar-refractivity contribution < 1.29 is 15.3 Å². The Balaban J connectivity index is 1.57. The van der Waals surface area contributed by atoms with E-state index in [1.807, 2.05) is 6.92 Å². The third-order valence-electron chi connectivity index (χ3n) is 10.3. The van der Waals surface area contributed by atoms with Gasteiger partial charge >= 0.3 is 0 Å². The van der Waals surface area contributed by atoms with Crippen LogP contribution in [0.2, 0.25) is 0 Å². The smallest absolute Gasteiger partial charge is 0.0910 e. The van der Waals surface area contributed by atoms with E-state index >= 15 is 0 Å². The molecule has 166 valence electrons. The summed E-state index contributed by atoms with van der Waals surface area (Å²) in [5.74, 6) is 2.27. The fourth-order valence-corrected chi connectivity index (χ4v) is 8.52. The van der Waals surface area contributed by atoms with Gasteiger partial charge in [0.2, 0.25) is 0 Å². The predicted octanol–water partition coefficient (Wildman–Crippen LogP) is 5.23. The normalized spacial score (nSPS) is 47.4. The van der Waals surface area contributed by atoms with Crippen LogP contribution in [-0.4, -0.2) is 33.1 Å². The van der Waals surface area contributed by atoms with E-state index in [1.54, 1.807) is 0 Å². The van der Waals surface area contributed by atoms with Gasteiger partial charge in [0.05, 0.1) is 17.8 Å². The van der Waals surface area contributed by atoms with Gasteiger partial charge in [-0.15, -0.1) is 0 Å². The Labute approximate surface area is 178 Å². The SMILES string of the molecule is CCCC[C@H](O)[C@](C)(O)[C@H]1CC[C@H]2[C@@H]3CC=C4C[C@@H](O)CC[C@]4(C)[C@H]3CC[C@]12C. The third-order valence-corrected chi connectivity index (χ3v) is 10.3. The molecule has 4 rings (SSSR count). The molecule has 0 saturated heterocycles. The van der Waals surface area contributed by atoms with Gasteiger partial charge in [-0.1, -0.05) is 45.3 Å². The Morgan fingerprint density at radius 2 is 1.90 bits per heavy atom. The number of allylic oxidation sites excluding steroid dienone is 1. The highest BCUT2D eigenvalue weighted by Crippen LogP contribution is 2.67. The average Bonchev–Trinajstić information content (AvgIpc) is 3.04. The molecule has 3 nitrogen and oxygen atoms in total. The van der Waals surface area contributed by atoms with Crippen molar-refractivity contribution in [2.24, 2.45) is 34.5 Å². The summed E-state index contributed by atoms with van der Waals surface area (Å²) in [6.45, 7) is 8.96. The molecule has 0 heterocycles. The molecule has 4 aliphatic carbocycles. The lowest BCUT2D eigenvalue weighted by Crippen LogP contribution is -2.55. The molecule has 0 unspecified atom stereocenters. The van der Waals surface area contributed by atoms with Crippen molar-refractivity contribution in [3.8, 4) is 0 Å². The number of fused-ring (bicyclic) bond motifs is 5. The van der Waals surface area contributed by atoms with Crippen LogP contribution in [0.25, 0.3) is 0 Å². The lowest BCUT2D eigenvalue weighted by Gasteiger charge is -2.59. The van der Waals surface area contributed by atoms with E-state index in [-0.39, 0.29) is 22.9 Å². The highest BCUT2D eigenvalue weighted by molar-refractivity contribution is 5.25. The van der Waals surface area contributed by atoms with Crippen molar-refractivity contribution in [2.75, 3.05) is 0 Å². The molecule has 0 radical (unpaired) electrons. The summed E-state index contributed by atoms with van der Waals surface area (Å²) in [7, 11) is 0. The van der Waals surface area contributed by atoms with Crippen molar-refractivity contribution >= 4 is 0 Å². The van der Waals surface area contributed by atoms with Crippen LogP contribution in [0.15, 0.2) is 11.6 Å². The minimum Gasteiger partial charge on any atom is -0.393 e. The van der Waals surface area contributed by atoms with Crippen LogP contribution in [0.1, 0.15) is 98.3 Å². The van der Waals surface area contributed by atoms with Crippen LogP contribution in [0.5, 0.6) is 0 Å². The fraction of sp³-hybridized carbons (Fsp3) is 0.923. The molecule has 0 aromatic heterocycles. The Kier molecular flexibility index (Phi) is 5.75. The van der Waals surface area contributed by atoms with Crippen molar-refractivity contribution in [2.45, 2.75) is 116 Å². The highest BCUT2D eigenvalue weighted by atomic mass is 16.3. The summed E-state index contributed by atoms with van der Waals surface area (Å²) in [6, 6.07) is 0. The standard InChI is InChI=1S/C26H44O3/c1-5-6-7-23(28)26(4,29)22-11-10-20-19-9-8-17-16-18(27)12-14-24(17,2)21(19)13-15-25(20,22)3/h8,18-23,27-29H,5-7,9-16H2,1-4H3/t18-,19-,20-,21-,22-,23-,24-,25-,26+/m0/s1. The molecule has 3 heteroatoms. The van der Waals surface area contributed by atoms with Crippen LogP contribution in [0.4, 0.5) is 0 Å². The number of aliphatic hydroxyl groups is 3. The van der Waals surface area contributed by atoms with Gasteiger partial charge < -0.3 is 15.3 Å². The van der Waals surface area contributed by atoms with E-state index in [9.17, 15) is 15.3 Å². The first-order valence-corrected chi connectivity index (χ1v) is 12.4. The van der Waals surface area contributed by atoms with Crippen LogP contribution < -0.4 is 0 Å². The van der Waals surface area contributed by atoms with Crippen LogP contribution in [0, 0.1) is 34.5 Å². The van der Waals surface area contributed by atoms with Gasteiger partial charge in [-0.05, 0) is 99.2 Å². The second kappa shape index (κ2) is 7.64. The summed E-state index contributed by atoms with van der Waals surface area (Å²) in [6.07, 6.45) is 13.2. The molecular weight excluding hydrogens is 360 g/mol. The lowest BCUT2D eigenvalue weighted by atomic mass is 9.46. The maximum absolute atomic E-state index is 11.5. The zero-order valence-corrected chi connectivity index (χ0v) is 19.2. The van der Waals surface area contributed by atoms with Gasteiger partial charge in [-0.2, -0.15) is 0 Å². The molecule has 0 amide bonds. The first-order valence-electron chi connectivity index (χ1n) is 12.4. The predicted molar refractivity (Wildman–Crippen MR) is 117 cm³/mol. The Hall–Kier alpha value is -0.380.